The molecule has 0 saturated carbocycles. The van der Waals surface area contributed by atoms with Crippen molar-refractivity contribution in [1.29, 1.82) is 0 Å². The number of para-hydroxylation sites is 2. The minimum Gasteiger partial charge on any atom is -0.496 e. The van der Waals surface area contributed by atoms with E-state index >= 15 is 0 Å². The van der Waals surface area contributed by atoms with Crippen molar-refractivity contribution in [1.82, 2.24) is 9.55 Å². The molecule has 3 N–H and O–H groups in total. The number of H-pyrrole nitrogens is 1. The summed E-state index contributed by atoms with van der Waals surface area (Å²) < 4.78 is 19.1. The summed E-state index contributed by atoms with van der Waals surface area (Å²) in [5.74, 6) is 6.35. The molecule has 3 aromatic carbocycles. The van der Waals surface area contributed by atoms with Crippen LogP contribution in [0.25, 0.3) is 0 Å². The van der Waals surface area contributed by atoms with E-state index in [1.54, 1.807) is 33.3 Å². The molecule has 1 unspecified atom stereocenters. The second-order valence-electron chi connectivity index (χ2n) is 9.96. The molecule has 1 aromatic heterocycles. The van der Waals surface area contributed by atoms with Crippen LogP contribution in [0.5, 0.6) is 11.5 Å². The zero-order valence-electron chi connectivity index (χ0n) is 23.5. The van der Waals surface area contributed by atoms with Crippen LogP contribution in [0.1, 0.15) is 41.8 Å². The monoisotopic (exact) mass is 568 g/mol. The fourth-order valence-electron chi connectivity index (χ4n) is 5.89. The Labute approximate surface area is 243 Å². The Morgan fingerprint density at radius 1 is 0.952 bits per heavy atom. The number of aromatic amines is 1. The van der Waals surface area contributed by atoms with Crippen LogP contribution >= 0.6 is 0 Å². The molecule has 0 amide bonds. The topological polar surface area (TPSA) is 123 Å². The Bertz CT molecular complexity index is 1690. The highest BCUT2D eigenvalue weighted by Crippen LogP contribution is 2.51. The van der Waals surface area contributed by atoms with Crippen molar-refractivity contribution < 1.29 is 24.4 Å². The lowest BCUT2D eigenvalue weighted by Gasteiger charge is -2.43. The first-order valence-corrected chi connectivity index (χ1v) is 13.5. The maximum Gasteiger partial charge on any atom is 0.330 e. The zero-order chi connectivity index (χ0) is 29.9. The number of benzene rings is 3. The fourth-order valence-corrected chi connectivity index (χ4v) is 5.89. The average molecular weight is 569 g/mol. The van der Waals surface area contributed by atoms with Gasteiger partial charge in [-0.2, -0.15) is 0 Å². The molecular formula is C33H32N2O7. The number of ether oxygens (including phenoxy) is 3. The number of hydrogen-bond donors (Lipinski definition) is 3. The molecule has 216 valence electrons. The van der Waals surface area contributed by atoms with Crippen molar-refractivity contribution in [2.24, 2.45) is 0 Å². The summed E-state index contributed by atoms with van der Waals surface area (Å²) in [7, 11) is 3.11. The van der Waals surface area contributed by atoms with Gasteiger partial charge >= 0.3 is 5.69 Å². The number of nitrogens with one attached hydrogen (secondary N) is 1. The van der Waals surface area contributed by atoms with Gasteiger partial charge in [0, 0.05) is 23.7 Å². The normalized spacial score (nSPS) is 19.0. The largest absolute Gasteiger partial charge is 0.496 e. The smallest absolute Gasteiger partial charge is 0.330 e. The van der Waals surface area contributed by atoms with Crippen molar-refractivity contribution in [3.63, 3.8) is 0 Å². The molecule has 2 heterocycles. The highest BCUT2D eigenvalue weighted by Gasteiger charge is 2.54. The quantitative estimate of drug-likeness (QED) is 0.221. The molecule has 9 nitrogen and oxygen atoms in total. The molecule has 0 spiro atoms. The molecule has 1 saturated heterocycles. The first kappa shape index (κ1) is 28.9. The molecule has 42 heavy (non-hydrogen) atoms. The van der Waals surface area contributed by atoms with Crippen LogP contribution in [-0.4, -0.2) is 52.3 Å². The van der Waals surface area contributed by atoms with E-state index in [0.29, 0.717) is 28.2 Å². The Morgan fingerprint density at radius 2 is 1.52 bits per heavy atom. The summed E-state index contributed by atoms with van der Waals surface area (Å²) in [6.07, 6.45) is -3.46. The Hall–Kier alpha value is -4.62. The molecule has 0 radical (unpaired) electrons. The SMILES string of the molecule is CC#Cc1cn([C@H]2C[C@H](O)[C@@H](C(O)C(c3ccccc3)(c3ccccc3OC)c3ccccc3OC)O2)c(=O)[nH]c1=O. The molecule has 1 aliphatic rings. The molecule has 5 rings (SSSR count). The van der Waals surface area contributed by atoms with Gasteiger partial charge in [-0.1, -0.05) is 72.7 Å². The first-order valence-electron chi connectivity index (χ1n) is 13.5. The Balaban J connectivity index is 1.73. The van der Waals surface area contributed by atoms with Crippen LogP contribution in [0.2, 0.25) is 0 Å². The number of nitrogens with zero attached hydrogens (tertiary/aromatic N) is 1. The van der Waals surface area contributed by atoms with Gasteiger partial charge in [-0.05, 0) is 24.6 Å². The van der Waals surface area contributed by atoms with Gasteiger partial charge in [0.15, 0.2) is 0 Å². The van der Waals surface area contributed by atoms with Crippen molar-refractivity contribution in [2.45, 2.75) is 43.3 Å². The van der Waals surface area contributed by atoms with E-state index in [1.807, 2.05) is 66.7 Å². The summed E-state index contributed by atoms with van der Waals surface area (Å²) in [4.78, 5) is 27.3. The lowest BCUT2D eigenvalue weighted by Crippen LogP contribution is -2.51. The number of aromatic nitrogens is 2. The second-order valence-corrected chi connectivity index (χ2v) is 9.96. The fraction of sp³-hybridized carbons (Fsp3) is 0.273. The lowest BCUT2D eigenvalue weighted by molar-refractivity contribution is -0.0980. The standard InChI is InChI=1S/C33H32N2O7/c1-4-12-21-20-35(32(39)34-31(21)38)28-19-25(36)29(42-28)30(37)33(22-13-6-5-7-14-22,23-15-8-10-17-26(23)40-2)24-16-9-11-18-27(24)41-3/h5-11,13-18,20,25,28-30,36-37H,19H2,1-3H3,(H,34,38,39)/t25-,28+,29-,30?/m0/s1. The highest BCUT2D eigenvalue weighted by atomic mass is 16.5. The lowest BCUT2D eigenvalue weighted by atomic mass is 9.63. The molecule has 0 bridgehead atoms. The molecule has 4 atom stereocenters. The summed E-state index contributed by atoms with van der Waals surface area (Å²) in [5.41, 5.74) is -0.661. The number of rotatable bonds is 8. The third-order valence-electron chi connectivity index (χ3n) is 7.72. The molecule has 4 aromatic rings. The minimum absolute atomic E-state index is 0.0185. The molecule has 1 fully saturated rings. The molecule has 9 heteroatoms. The van der Waals surface area contributed by atoms with E-state index in [0.717, 1.165) is 0 Å². The predicted molar refractivity (Wildman–Crippen MR) is 157 cm³/mol. The van der Waals surface area contributed by atoms with Gasteiger partial charge in [0.1, 0.15) is 35.5 Å². The number of aliphatic hydroxyl groups excluding tert-OH is 2. The van der Waals surface area contributed by atoms with Gasteiger partial charge in [0.2, 0.25) is 0 Å². The van der Waals surface area contributed by atoms with Crippen molar-refractivity contribution in [3.8, 4) is 23.3 Å². The third-order valence-corrected chi connectivity index (χ3v) is 7.72. The van der Waals surface area contributed by atoms with Gasteiger partial charge < -0.3 is 24.4 Å². The van der Waals surface area contributed by atoms with Gasteiger partial charge in [0.25, 0.3) is 5.56 Å². The van der Waals surface area contributed by atoms with E-state index in [9.17, 15) is 19.8 Å². The zero-order valence-corrected chi connectivity index (χ0v) is 23.5. The van der Waals surface area contributed by atoms with E-state index in [-0.39, 0.29) is 12.0 Å². The van der Waals surface area contributed by atoms with Crippen LogP contribution in [0.15, 0.2) is 94.6 Å². The van der Waals surface area contributed by atoms with Crippen LogP contribution in [0.3, 0.4) is 0 Å². The second kappa shape index (κ2) is 12.1. The van der Waals surface area contributed by atoms with Crippen LogP contribution in [0, 0.1) is 11.8 Å². The highest BCUT2D eigenvalue weighted by molar-refractivity contribution is 5.60. The van der Waals surface area contributed by atoms with Gasteiger partial charge in [0.05, 0.1) is 25.7 Å². The van der Waals surface area contributed by atoms with E-state index < -0.39 is 41.2 Å². The van der Waals surface area contributed by atoms with Crippen LogP contribution < -0.4 is 20.7 Å². The summed E-state index contributed by atoms with van der Waals surface area (Å²) in [5, 5.41) is 24.0. The van der Waals surface area contributed by atoms with E-state index in [1.165, 1.54) is 10.8 Å². The minimum atomic E-state index is -1.42. The Kier molecular flexibility index (Phi) is 8.31. The van der Waals surface area contributed by atoms with Gasteiger partial charge in [-0.15, -0.1) is 5.92 Å². The van der Waals surface area contributed by atoms with Gasteiger partial charge in [-0.25, -0.2) is 4.79 Å². The predicted octanol–water partition coefficient (Wildman–Crippen LogP) is 2.97. The maximum absolute atomic E-state index is 12.8. The van der Waals surface area contributed by atoms with Crippen LogP contribution in [0.4, 0.5) is 0 Å². The summed E-state index contributed by atoms with van der Waals surface area (Å²) in [6, 6.07) is 24.1. The first-order chi connectivity index (χ1) is 20.4. The molecular weight excluding hydrogens is 536 g/mol. The summed E-state index contributed by atoms with van der Waals surface area (Å²) in [6.45, 7) is 1.58. The van der Waals surface area contributed by atoms with E-state index in [4.69, 9.17) is 14.2 Å². The maximum atomic E-state index is 12.8. The number of hydrogen-bond acceptors (Lipinski definition) is 7. The van der Waals surface area contributed by atoms with Gasteiger partial charge in [-0.3, -0.25) is 14.3 Å². The van der Waals surface area contributed by atoms with Crippen molar-refractivity contribution in [2.75, 3.05) is 14.2 Å². The number of methoxy groups -OCH3 is 2. The molecule has 0 aliphatic carbocycles. The average Bonchev–Trinajstić information content (AvgIpc) is 3.40. The molecule has 1 aliphatic heterocycles. The van der Waals surface area contributed by atoms with Crippen LogP contribution in [-0.2, 0) is 10.2 Å². The third kappa shape index (κ3) is 4.90. The number of aliphatic hydroxyl groups is 2. The van der Waals surface area contributed by atoms with E-state index in [2.05, 4.69) is 16.8 Å². The Morgan fingerprint density at radius 3 is 2.10 bits per heavy atom. The van der Waals surface area contributed by atoms with Crippen molar-refractivity contribution >= 4 is 0 Å². The van der Waals surface area contributed by atoms with Crippen molar-refractivity contribution in [3.05, 3.63) is 128 Å². The summed E-state index contributed by atoms with van der Waals surface area (Å²) >= 11 is 0.